The Kier molecular flexibility index (Phi) is 4.04. The molecule has 0 radical (unpaired) electrons. The highest BCUT2D eigenvalue weighted by Crippen LogP contribution is 2.26. The minimum absolute atomic E-state index is 0.721. The first-order chi connectivity index (χ1) is 9.34. The number of hydrogen-bond donors (Lipinski definition) is 2. The summed E-state index contributed by atoms with van der Waals surface area (Å²) in [6.45, 7) is 4.45. The van der Waals surface area contributed by atoms with E-state index in [2.05, 4.69) is 40.8 Å². The van der Waals surface area contributed by atoms with E-state index in [0.29, 0.717) is 0 Å². The number of nitrogens with zero attached hydrogens (tertiary/aromatic N) is 1. The van der Waals surface area contributed by atoms with Crippen molar-refractivity contribution in [3.05, 3.63) is 29.3 Å². The molecule has 0 saturated carbocycles. The Hall–Kier alpha value is -1.06. The Morgan fingerprint density at radius 1 is 1.37 bits per heavy atom. The Morgan fingerprint density at radius 2 is 2.32 bits per heavy atom. The van der Waals surface area contributed by atoms with E-state index in [-0.39, 0.29) is 0 Å². The van der Waals surface area contributed by atoms with E-state index >= 15 is 0 Å². The van der Waals surface area contributed by atoms with Gasteiger partial charge in [0.05, 0.1) is 0 Å². The molecule has 3 nitrogen and oxygen atoms in total. The van der Waals surface area contributed by atoms with Gasteiger partial charge in [0.15, 0.2) is 0 Å². The van der Waals surface area contributed by atoms with Crippen LogP contribution in [0.15, 0.2) is 18.2 Å². The number of para-hydroxylation sites is 1. The summed E-state index contributed by atoms with van der Waals surface area (Å²) in [7, 11) is 2.26. The molecule has 0 spiro atoms. The van der Waals surface area contributed by atoms with Crippen LogP contribution in [0.25, 0.3) is 0 Å². The standard InChI is InChI=1S/C16H25N3/c1-19-10-3-2-7-15(19)12-17-11-14-6-4-5-13-8-9-18-16(13)14/h4-6,15,17-18H,2-3,7-12H2,1H3. The first kappa shape index (κ1) is 12.9. The molecule has 2 N–H and O–H groups in total. The first-order valence-corrected chi connectivity index (χ1v) is 7.60. The van der Waals surface area contributed by atoms with Gasteiger partial charge in [-0.05, 0) is 44.0 Å². The maximum absolute atomic E-state index is 3.65. The zero-order valence-corrected chi connectivity index (χ0v) is 11.9. The second-order valence-electron chi connectivity index (χ2n) is 5.89. The van der Waals surface area contributed by atoms with Gasteiger partial charge in [0, 0.05) is 31.4 Å². The quantitative estimate of drug-likeness (QED) is 0.868. The molecule has 3 heteroatoms. The van der Waals surface area contributed by atoms with Gasteiger partial charge in [-0.1, -0.05) is 24.6 Å². The molecule has 0 aromatic heterocycles. The van der Waals surface area contributed by atoms with Crippen molar-refractivity contribution >= 4 is 5.69 Å². The lowest BCUT2D eigenvalue weighted by Crippen LogP contribution is -2.42. The van der Waals surface area contributed by atoms with Gasteiger partial charge >= 0.3 is 0 Å². The second-order valence-corrected chi connectivity index (χ2v) is 5.89. The predicted molar refractivity (Wildman–Crippen MR) is 80.6 cm³/mol. The fraction of sp³-hybridized carbons (Fsp3) is 0.625. The number of fused-ring (bicyclic) bond motifs is 1. The highest BCUT2D eigenvalue weighted by Gasteiger charge is 2.18. The van der Waals surface area contributed by atoms with Gasteiger partial charge in [-0.3, -0.25) is 0 Å². The largest absolute Gasteiger partial charge is 0.384 e. The molecule has 1 saturated heterocycles. The number of nitrogens with one attached hydrogen (secondary N) is 2. The van der Waals surface area contributed by atoms with Crippen LogP contribution in [0, 0.1) is 0 Å². The van der Waals surface area contributed by atoms with Crippen molar-refractivity contribution in [3.63, 3.8) is 0 Å². The monoisotopic (exact) mass is 259 g/mol. The Morgan fingerprint density at radius 3 is 3.21 bits per heavy atom. The summed E-state index contributed by atoms with van der Waals surface area (Å²) in [5, 5.41) is 7.17. The average molecular weight is 259 g/mol. The third-order valence-electron chi connectivity index (χ3n) is 4.55. The van der Waals surface area contributed by atoms with Crippen LogP contribution in [0.2, 0.25) is 0 Å². The van der Waals surface area contributed by atoms with Gasteiger partial charge in [0.1, 0.15) is 0 Å². The zero-order chi connectivity index (χ0) is 13.1. The van der Waals surface area contributed by atoms with Crippen molar-refractivity contribution in [1.29, 1.82) is 0 Å². The summed E-state index contributed by atoms with van der Waals surface area (Å²) in [4.78, 5) is 2.50. The van der Waals surface area contributed by atoms with Gasteiger partial charge < -0.3 is 15.5 Å². The van der Waals surface area contributed by atoms with Crippen molar-refractivity contribution in [3.8, 4) is 0 Å². The van der Waals surface area contributed by atoms with Gasteiger partial charge in [-0.2, -0.15) is 0 Å². The van der Waals surface area contributed by atoms with E-state index in [1.807, 2.05) is 0 Å². The van der Waals surface area contributed by atoms with Crippen molar-refractivity contribution in [1.82, 2.24) is 10.2 Å². The Bertz CT molecular complexity index is 430. The number of likely N-dealkylation sites (tertiary alicyclic amines) is 1. The summed E-state index contributed by atoms with van der Waals surface area (Å²) in [5.41, 5.74) is 4.29. The lowest BCUT2D eigenvalue weighted by Gasteiger charge is -2.32. The predicted octanol–water partition coefficient (Wildman–Crippen LogP) is 2.23. The van der Waals surface area contributed by atoms with E-state index in [0.717, 1.165) is 25.7 Å². The number of anilines is 1. The SMILES string of the molecule is CN1CCCCC1CNCc1cccc2c1NCC2. The molecule has 1 aromatic rings. The molecule has 1 aromatic carbocycles. The van der Waals surface area contributed by atoms with E-state index in [4.69, 9.17) is 0 Å². The zero-order valence-electron chi connectivity index (χ0n) is 11.9. The van der Waals surface area contributed by atoms with Crippen LogP contribution in [-0.4, -0.2) is 37.6 Å². The maximum atomic E-state index is 3.65. The molecule has 0 bridgehead atoms. The molecule has 2 aliphatic heterocycles. The van der Waals surface area contributed by atoms with Crippen molar-refractivity contribution < 1.29 is 0 Å². The summed E-state index contributed by atoms with van der Waals surface area (Å²) in [5.74, 6) is 0. The topological polar surface area (TPSA) is 27.3 Å². The average Bonchev–Trinajstić information content (AvgIpc) is 2.90. The summed E-state index contributed by atoms with van der Waals surface area (Å²) in [6, 6.07) is 7.40. The molecule has 1 unspecified atom stereocenters. The fourth-order valence-electron chi connectivity index (χ4n) is 3.33. The fourth-order valence-corrected chi connectivity index (χ4v) is 3.33. The van der Waals surface area contributed by atoms with Crippen molar-refractivity contribution in [2.24, 2.45) is 0 Å². The van der Waals surface area contributed by atoms with E-state index in [9.17, 15) is 0 Å². The van der Waals surface area contributed by atoms with Crippen molar-refractivity contribution in [2.75, 3.05) is 32.0 Å². The minimum Gasteiger partial charge on any atom is -0.384 e. The molecular formula is C16H25N3. The lowest BCUT2D eigenvalue weighted by atomic mass is 10.0. The van der Waals surface area contributed by atoms with E-state index in [1.165, 1.54) is 49.0 Å². The minimum atomic E-state index is 0.721. The van der Waals surface area contributed by atoms with Crippen LogP contribution in [0.3, 0.4) is 0 Å². The van der Waals surface area contributed by atoms with Crippen LogP contribution in [-0.2, 0) is 13.0 Å². The van der Waals surface area contributed by atoms with Crippen LogP contribution in [0.1, 0.15) is 30.4 Å². The third kappa shape index (κ3) is 2.93. The molecule has 3 rings (SSSR count). The molecule has 1 fully saturated rings. The summed E-state index contributed by atoms with van der Waals surface area (Å²) < 4.78 is 0. The normalized spacial score (nSPS) is 23.1. The summed E-state index contributed by atoms with van der Waals surface area (Å²) in [6.07, 6.45) is 5.27. The smallest absolute Gasteiger partial charge is 0.0419 e. The molecule has 2 heterocycles. The van der Waals surface area contributed by atoms with Crippen LogP contribution >= 0.6 is 0 Å². The number of likely N-dealkylation sites (N-methyl/N-ethyl adjacent to an activating group) is 1. The lowest BCUT2D eigenvalue weighted by molar-refractivity contribution is 0.181. The number of hydrogen-bond acceptors (Lipinski definition) is 3. The molecule has 104 valence electrons. The first-order valence-electron chi connectivity index (χ1n) is 7.60. The highest BCUT2D eigenvalue weighted by molar-refractivity contribution is 5.61. The van der Waals surface area contributed by atoms with Crippen LogP contribution < -0.4 is 10.6 Å². The van der Waals surface area contributed by atoms with Gasteiger partial charge in [-0.25, -0.2) is 0 Å². The van der Waals surface area contributed by atoms with Crippen LogP contribution in [0.4, 0.5) is 5.69 Å². The van der Waals surface area contributed by atoms with Crippen molar-refractivity contribution in [2.45, 2.75) is 38.3 Å². The maximum Gasteiger partial charge on any atom is 0.0419 e. The molecule has 0 aliphatic carbocycles. The highest BCUT2D eigenvalue weighted by atomic mass is 15.2. The van der Waals surface area contributed by atoms with E-state index in [1.54, 1.807) is 0 Å². The Labute approximate surface area is 116 Å². The van der Waals surface area contributed by atoms with Gasteiger partial charge in [0.25, 0.3) is 0 Å². The third-order valence-corrected chi connectivity index (χ3v) is 4.55. The van der Waals surface area contributed by atoms with Gasteiger partial charge in [0.2, 0.25) is 0 Å². The number of piperidine rings is 1. The number of benzene rings is 1. The summed E-state index contributed by atoms with van der Waals surface area (Å²) >= 11 is 0. The van der Waals surface area contributed by atoms with Gasteiger partial charge in [-0.15, -0.1) is 0 Å². The molecule has 2 aliphatic rings. The number of rotatable bonds is 4. The van der Waals surface area contributed by atoms with Crippen LogP contribution in [0.5, 0.6) is 0 Å². The van der Waals surface area contributed by atoms with E-state index < -0.39 is 0 Å². The Balaban J connectivity index is 1.54. The molecule has 0 amide bonds. The molecule has 19 heavy (non-hydrogen) atoms. The second kappa shape index (κ2) is 5.93. The molecular weight excluding hydrogens is 234 g/mol. The molecule has 1 atom stereocenters.